The molecule has 0 bridgehead atoms. The molecule has 0 aromatic rings. The lowest BCUT2D eigenvalue weighted by atomic mass is 9.99. The van der Waals surface area contributed by atoms with E-state index in [-0.39, 0.29) is 0 Å². The Morgan fingerprint density at radius 3 is 1.46 bits per heavy atom. The Hall–Kier alpha value is -0.440. The molecule has 14 nitrogen and oxygen atoms in total. The fraction of sp³-hybridized carbons (Fsp3) is 1.00. The third kappa shape index (κ3) is 9.37. The molecule has 18 heteroatoms. The maximum absolute atomic E-state index is 11.6. The summed E-state index contributed by atoms with van der Waals surface area (Å²) in [5.74, 6) is 0. The van der Waals surface area contributed by atoms with Crippen LogP contribution in [0.4, 0.5) is 0 Å². The van der Waals surface area contributed by atoms with Gasteiger partial charge in [-0.05, 0) is 0 Å². The Labute approximate surface area is 163 Å². The van der Waals surface area contributed by atoms with Crippen molar-refractivity contribution in [3.8, 4) is 0 Å². The van der Waals surface area contributed by atoms with Crippen LogP contribution >= 0.6 is 0 Å². The molecule has 0 aromatic heterocycles. The molecule has 1 fully saturated rings. The van der Waals surface area contributed by atoms with E-state index in [1.54, 1.807) is 0 Å². The molecule has 0 radical (unpaired) electrons. The monoisotopic (exact) mass is 492 g/mol. The fourth-order valence-corrected chi connectivity index (χ4v) is 4.40. The van der Waals surface area contributed by atoms with Crippen LogP contribution in [0.3, 0.4) is 0 Å². The Balaban J connectivity index is 3.42. The van der Waals surface area contributed by atoms with Crippen molar-refractivity contribution in [3.63, 3.8) is 0 Å². The summed E-state index contributed by atoms with van der Waals surface area (Å²) in [6.07, 6.45) is -7.58. The fourth-order valence-electron chi connectivity index (χ4n) is 2.15. The van der Waals surface area contributed by atoms with E-state index in [9.17, 15) is 38.8 Å². The summed E-state index contributed by atoms with van der Waals surface area (Å²) in [7, 11) is -17.1. The number of aliphatic hydroxyl groups excluding tert-OH is 1. The molecule has 0 saturated carbocycles. The van der Waals surface area contributed by atoms with Gasteiger partial charge in [-0.15, -0.1) is 0 Å². The van der Waals surface area contributed by atoms with Crippen LogP contribution in [0.5, 0.6) is 0 Å². The largest absolute Gasteiger partial charge is 0.366 e. The molecular weight excluding hydrogens is 472 g/mol. The highest BCUT2D eigenvalue weighted by atomic mass is 32.2. The van der Waals surface area contributed by atoms with E-state index in [0.717, 1.165) is 0 Å². The lowest BCUT2D eigenvalue weighted by Gasteiger charge is -2.42. The number of rotatable bonds is 9. The Morgan fingerprint density at radius 1 is 0.679 bits per heavy atom. The standard InChI is InChI=1S/C10H20O14S4/c1-25(12,13)20-5-6-7(22-26(2,14)15)8(23-27(3,16)17)9(10(11)21-6)24-28(4,18)19/h6-11H,5H2,1-4H3/t6-,7+,8+,9+,10-/m0/s1. The quantitative estimate of drug-likeness (QED) is 0.314. The predicted octanol–water partition coefficient (Wildman–Crippen LogP) is -3.29. The van der Waals surface area contributed by atoms with Gasteiger partial charge >= 0.3 is 0 Å². The summed E-state index contributed by atoms with van der Waals surface area (Å²) in [5, 5.41) is 10.0. The second-order valence-corrected chi connectivity index (χ2v) is 12.3. The molecule has 1 rings (SSSR count). The molecule has 1 heterocycles. The van der Waals surface area contributed by atoms with E-state index in [2.05, 4.69) is 12.5 Å². The van der Waals surface area contributed by atoms with Gasteiger partial charge in [-0.25, -0.2) is 0 Å². The average Bonchev–Trinajstić information content (AvgIpc) is 2.39. The predicted molar refractivity (Wildman–Crippen MR) is 90.8 cm³/mol. The topological polar surface area (TPSA) is 203 Å². The van der Waals surface area contributed by atoms with Gasteiger partial charge in [0.1, 0.15) is 18.3 Å². The number of aliphatic hydroxyl groups is 1. The van der Waals surface area contributed by atoms with Gasteiger partial charge in [-0.3, -0.25) is 16.7 Å². The first-order valence-corrected chi connectivity index (χ1v) is 14.4. The summed E-state index contributed by atoms with van der Waals surface area (Å²) in [6, 6.07) is 0. The summed E-state index contributed by atoms with van der Waals surface area (Å²) in [5.41, 5.74) is 0. The summed E-state index contributed by atoms with van der Waals surface area (Å²) in [6.45, 7) is -0.911. The van der Waals surface area contributed by atoms with Crippen LogP contribution in [0.2, 0.25) is 0 Å². The van der Waals surface area contributed by atoms with Gasteiger partial charge in [0.05, 0.1) is 31.6 Å². The molecule has 1 aliphatic rings. The minimum absolute atomic E-state index is 0.561. The van der Waals surface area contributed by atoms with E-state index < -0.39 is 77.8 Å². The molecular formula is C10H20O14S4. The van der Waals surface area contributed by atoms with Gasteiger partial charge in [0, 0.05) is 0 Å². The zero-order valence-corrected chi connectivity index (χ0v) is 18.2. The number of hydrogen-bond acceptors (Lipinski definition) is 14. The van der Waals surface area contributed by atoms with Crippen molar-refractivity contribution in [2.75, 3.05) is 31.6 Å². The zero-order valence-electron chi connectivity index (χ0n) is 15.0. The van der Waals surface area contributed by atoms with Crippen molar-refractivity contribution in [1.82, 2.24) is 0 Å². The molecule has 0 aromatic carbocycles. The van der Waals surface area contributed by atoms with Crippen LogP contribution in [0, 0.1) is 0 Å². The normalized spacial score (nSPS) is 30.2. The molecule has 1 aliphatic heterocycles. The van der Waals surface area contributed by atoms with Crippen molar-refractivity contribution < 1.29 is 60.2 Å². The van der Waals surface area contributed by atoms with Gasteiger partial charge < -0.3 is 9.84 Å². The first kappa shape index (κ1) is 25.6. The highest BCUT2D eigenvalue weighted by Crippen LogP contribution is 2.30. The third-order valence-electron chi connectivity index (χ3n) is 2.91. The van der Waals surface area contributed by atoms with Crippen molar-refractivity contribution in [2.24, 2.45) is 0 Å². The van der Waals surface area contributed by atoms with E-state index in [1.807, 2.05) is 0 Å². The Kier molecular flexibility index (Phi) is 7.99. The molecule has 1 N–H and O–H groups in total. The van der Waals surface area contributed by atoms with Crippen LogP contribution < -0.4 is 0 Å². The molecule has 0 unspecified atom stereocenters. The van der Waals surface area contributed by atoms with E-state index in [1.165, 1.54) is 0 Å². The lowest BCUT2D eigenvalue weighted by Crippen LogP contribution is -2.62. The Morgan fingerprint density at radius 2 is 1.07 bits per heavy atom. The lowest BCUT2D eigenvalue weighted by molar-refractivity contribution is -0.267. The van der Waals surface area contributed by atoms with Crippen molar-refractivity contribution >= 4 is 40.5 Å². The van der Waals surface area contributed by atoms with Gasteiger partial charge in [-0.2, -0.15) is 33.7 Å². The third-order valence-corrected chi connectivity index (χ3v) is 5.19. The van der Waals surface area contributed by atoms with E-state index >= 15 is 0 Å². The maximum atomic E-state index is 11.6. The van der Waals surface area contributed by atoms with Crippen molar-refractivity contribution in [1.29, 1.82) is 0 Å². The van der Waals surface area contributed by atoms with E-state index in [0.29, 0.717) is 25.0 Å². The summed E-state index contributed by atoms with van der Waals surface area (Å²) in [4.78, 5) is 0. The molecule has 0 amide bonds. The van der Waals surface area contributed by atoms with Crippen LogP contribution in [0.25, 0.3) is 0 Å². The van der Waals surface area contributed by atoms with Crippen LogP contribution in [-0.4, -0.2) is 101 Å². The maximum Gasteiger partial charge on any atom is 0.264 e. The highest BCUT2D eigenvalue weighted by Gasteiger charge is 2.52. The second-order valence-electron chi connectivity index (χ2n) is 5.85. The van der Waals surface area contributed by atoms with Gasteiger partial charge in [-0.1, -0.05) is 0 Å². The van der Waals surface area contributed by atoms with Crippen LogP contribution in [0.1, 0.15) is 0 Å². The molecule has 0 spiro atoms. The molecule has 168 valence electrons. The molecule has 5 atom stereocenters. The van der Waals surface area contributed by atoms with Crippen molar-refractivity contribution in [2.45, 2.75) is 30.7 Å². The summed E-state index contributed by atoms with van der Waals surface area (Å²) >= 11 is 0. The van der Waals surface area contributed by atoms with Crippen molar-refractivity contribution in [3.05, 3.63) is 0 Å². The minimum atomic E-state index is -4.37. The first-order valence-electron chi connectivity index (χ1n) is 7.10. The molecule has 0 aliphatic carbocycles. The smallest absolute Gasteiger partial charge is 0.264 e. The number of ether oxygens (including phenoxy) is 1. The van der Waals surface area contributed by atoms with Crippen LogP contribution in [0.15, 0.2) is 0 Å². The van der Waals surface area contributed by atoms with Gasteiger partial charge in [0.2, 0.25) is 0 Å². The minimum Gasteiger partial charge on any atom is -0.366 e. The van der Waals surface area contributed by atoms with E-state index in [4.69, 9.17) is 8.92 Å². The van der Waals surface area contributed by atoms with Crippen LogP contribution in [-0.2, 0) is 61.9 Å². The zero-order chi connectivity index (χ0) is 22.1. The second kappa shape index (κ2) is 8.74. The summed E-state index contributed by atoms with van der Waals surface area (Å²) < 4.78 is 115. The molecule has 28 heavy (non-hydrogen) atoms. The SMILES string of the molecule is CS(=O)(=O)OC[C@@H]1O[C@H](O)[C@H](OS(C)(=O)=O)[C@H](OS(C)(=O)=O)[C@@H]1OS(C)(=O)=O. The van der Waals surface area contributed by atoms with Gasteiger partial charge in [0.25, 0.3) is 40.5 Å². The molecule has 1 saturated heterocycles. The Bertz CT molecular complexity index is 963. The highest BCUT2D eigenvalue weighted by molar-refractivity contribution is 7.86. The van der Waals surface area contributed by atoms with Gasteiger partial charge in [0.15, 0.2) is 12.4 Å². The average molecular weight is 493 g/mol. The first-order chi connectivity index (χ1) is 12.3. The number of hydrogen-bond donors (Lipinski definition) is 1.